The maximum absolute atomic E-state index is 12.0. The Balaban J connectivity index is 1.49. The summed E-state index contributed by atoms with van der Waals surface area (Å²) in [7, 11) is 0. The molecule has 0 aliphatic carbocycles. The minimum absolute atomic E-state index is 0.151. The van der Waals surface area contributed by atoms with Gasteiger partial charge in [-0.05, 0) is 24.3 Å². The van der Waals surface area contributed by atoms with Crippen LogP contribution in [0.3, 0.4) is 0 Å². The number of para-hydroxylation sites is 3. The minimum Gasteiger partial charge on any atom is -0.486 e. The lowest BCUT2D eigenvalue weighted by Gasteiger charge is -2.26. The highest BCUT2D eigenvalue weighted by atomic mass is 16.6. The Bertz CT molecular complexity index is 907. The highest BCUT2D eigenvalue weighted by molar-refractivity contribution is 5.78. The molecule has 0 radical (unpaired) electrons. The van der Waals surface area contributed by atoms with E-state index in [1.54, 1.807) is 6.07 Å². The van der Waals surface area contributed by atoms with Gasteiger partial charge in [0.1, 0.15) is 12.7 Å². The molecule has 6 nitrogen and oxygen atoms in total. The van der Waals surface area contributed by atoms with Crippen molar-refractivity contribution in [2.24, 2.45) is 0 Å². The maximum Gasteiger partial charge on any atom is 0.260 e. The van der Waals surface area contributed by atoms with E-state index in [1.807, 2.05) is 42.5 Å². The predicted octanol–water partition coefficient (Wildman–Crippen LogP) is 2.17. The van der Waals surface area contributed by atoms with Gasteiger partial charge >= 0.3 is 0 Å². The number of nitrogens with one attached hydrogen (secondary N) is 2. The van der Waals surface area contributed by atoms with E-state index in [0.717, 1.165) is 11.5 Å². The number of rotatable bonds is 3. The first-order valence-electron chi connectivity index (χ1n) is 7.41. The summed E-state index contributed by atoms with van der Waals surface area (Å²) in [4.78, 5) is 19.2. The average Bonchev–Trinajstić information content (AvgIpc) is 2.60. The van der Waals surface area contributed by atoms with Gasteiger partial charge in [-0.3, -0.25) is 9.78 Å². The van der Waals surface area contributed by atoms with Crippen molar-refractivity contribution in [3.05, 3.63) is 58.9 Å². The number of H-pyrrole nitrogens is 1. The van der Waals surface area contributed by atoms with Gasteiger partial charge < -0.3 is 14.8 Å². The molecule has 3 aromatic rings. The molecule has 0 fully saturated rings. The molecule has 6 heteroatoms. The second-order valence-corrected chi connectivity index (χ2v) is 5.31. The van der Waals surface area contributed by atoms with Crippen LogP contribution in [0.25, 0.3) is 10.9 Å². The van der Waals surface area contributed by atoms with Gasteiger partial charge in [0.2, 0.25) is 5.95 Å². The molecule has 2 aromatic carbocycles. The second-order valence-electron chi connectivity index (χ2n) is 5.31. The first kappa shape index (κ1) is 13.6. The third-order valence-electron chi connectivity index (χ3n) is 3.68. The van der Waals surface area contributed by atoms with Crippen LogP contribution < -0.4 is 20.3 Å². The van der Waals surface area contributed by atoms with Crippen LogP contribution in [-0.4, -0.2) is 29.2 Å². The number of benzene rings is 2. The molecule has 0 unspecified atom stereocenters. The van der Waals surface area contributed by atoms with Crippen molar-refractivity contribution in [1.29, 1.82) is 0 Å². The lowest BCUT2D eigenvalue weighted by Crippen LogP contribution is -2.35. The molecule has 2 N–H and O–H groups in total. The Kier molecular flexibility index (Phi) is 3.34. The first-order chi connectivity index (χ1) is 11.3. The molecule has 0 bridgehead atoms. The zero-order valence-electron chi connectivity index (χ0n) is 12.3. The molecule has 0 spiro atoms. The van der Waals surface area contributed by atoms with Crippen molar-refractivity contribution in [1.82, 2.24) is 9.97 Å². The Labute approximate surface area is 132 Å². The maximum atomic E-state index is 12.0. The minimum atomic E-state index is -0.163. The number of hydrogen-bond acceptors (Lipinski definition) is 5. The SMILES string of the molecule is O=c1[nH]c(NC[C@@H]2COc3ccccc3O2)nc2ccccc12. The van der Waals surface area contributed by atoms with E-state index in [1.165, 1.54) is 0 Å². The Hall–Kier alpha value is -3.02. The van der Waals surface area contributed by atoms with E-state index < -0.39 is 0 Å². The van der Waals surface area contributed by atoms with E-state index in [-0.39, 0.29) is 11.7 Å². The van der Waals surface area contributed by atoms with E-state index in [2.05, 4.69) is 15.3 Å². The van der Waals surface area contributed by atoms with Gasteiger partial charge in [0.25, 0.3) is 5.56 Å². The lowest BCUT2D eigenvalue weighted by molar-refractivity contribution is 0.0996. The monoisotopic (exact) mass is 309 g/mol. The van der Waals surface area contributed by atoms with Gasteiger partial charge in [0, 0.05) is 0 Å². The zero-order chi connectivity index (χ0) is 15.6. The molecule has 116 valence electrons. The van der Waals surface area contributed by atoms with Crippen molar-refractivity contribution < 1.29 is 9.47 Å². The first-order valence-corrected chi connectivity index (χ1v) is 7.41. The molecule has 23 heavy (non-hydrogen) atoms. The highest BCUT2D eigenvalue weighted by Gasteiger charge is 2.20. The van der Waals surface area contributed by atoms with E-state index in [4.69, 9.17) is 9.47 Å². The number of aromatic amines is 1. The molecule has 2 heterocycles. The number of ether oxygens (including phenoxy) is 2. The van der Waals surface area contributed by atoms with Crippen LogP contribution in [0.4, 0.5) is 5.95 Å². The number of fused-ring (bicyclic) bond motifs is 2. The third-order valence-corrected chi connectivity index (χ3v) is 3.68. The molecule has 1 aliphatic heterocycles. The number of nitrogens with zero attached hydrogens (tertiary/aromatic N) is 1. The Morgan fingerprint density at radius 2 is 1.91 bits per heavy atom. The van der Waals surface area contributed by atoms with E-state index in [9.17, 15) is 4.79 Å². The van der Waals surface area contributed by atoms with Crippen molar-refractivity contribution >= 4 is 16.9 Å². The van der Waals surface area contributed by atoms with Gasteiger partial charge in [0.05, 0.1) is 17.4 Å². The van der Waals surface area contributed by atoms with Gasteiger partial charge in [-0.15, -0.1) is 0 Å². The van der Waals surface area contributed by atoms with Crippen LogP contribution >= 0.6 is 0 Å². The summed E-state index contributed by atoms with van der Waals surface area (Å²) >= 11 is 0. The molecule has 0 saturated carbocycles. The normalized spacial score (nSPS) is 16.3. The van der Waals surface area contributed by atoms with Crippen LogP contribution in [0.5, 0.6) is 11.5 Å². The molecule has 4 rings (SSSR count). The fourth-order valence-corrected chi connectivity index (χ4v) is 2.54. The van der Waals surface area contributed by atoms with Crippen molar-refractivity contribution in [2.75, 3.05) is 18.5 Å². The molecular weight excluding hydrogens is 294 g/mol. The van der Waals surface area contributed by atoms with Crippen LogP contribution in [0.15, 0.2) is 53.3 Å². The molecule has 1 aromatic heterocycles. The van der Waals surface area contributed by atoms with Gasteiger partial charge in [-0.2, -0.15) is 0 Å². The summed E-state index contributed by atoms with van der Waals surface area (Å²) in [6, 6.07) is 14.8. The Morgan fingerprint density at radius 1 is 1.13 bits per heavy atom. The molecular formula is C17H15N3O3. The van der Waals surface area contributed by atoms with Crippen LogP contribution in [0.1, 0.15) is 0 Å². The van der Waals surface area contributed by atoms with Crippen LogP contribution in [0.2, 0.25) is 0 Å². The third kappa shape index (κ3) is 2.70. The predicted molar refractivity (Wildman–Crippen MR) is 87.2 cm³/mol. The van der Waals surface area contributed by atoms with E-state index >= 15 is 0 Å². The van der Waals surface area contributed by atoms with Crippen molar-refractivity contribution in [3.63, 3.8) is 0 Å². The van der Waals surface area contributed by atoms with Crippen molar-refractivity contribution in [3.8, 4) is 11.5 Å². The summed E-state index contributed by atoms with van der Waals surface area (Å²) < 4.78 is 11.5. The summed E-state index contributed by atoms with van der Waals surface area (Å²) in [5, 5.41) is 3.68. The largest absolute Gasteiger partial charge is 0.486 e. The van der Waals surface area contributed by atoms with Crippen molar-refractivity contribution in [2.45, 2.75) is 6.10 Å². The van der Waals surface area contributed by atoms with Crippen LogP contribution in [-0.2, 0) is 0 Å². The van der Waals surface area contributed by atoms with Gasteiger partial charge in [-0.1, -0.05) is 24.3 Å². The summed E-state index contributed by atoms with van der Waals surface area (Å²) in [6.45, 7) is 0.928. The second kappa shape index (κ2) is 5.64. The Morgan fingerprint density at radius 3 is 2.83 bits per heavy atom. The van der Waals surface area contributed by atoms with Crippen LogP contribution in [0, 0.1) is 0 Å². The molecule has 1 atom stereocenters. The number of aromatic nitrogens is 2. The molecule has 0 saturated heterocycles. The zero-order valence-corrected chi connectivity index (χ0v) is 12.3. The fourth-order valence-electron chi connectivity index (χ4n) is 2.54. The number of anilines is 1. The average molecular weight is 309 g/mol. The number of hydrogen-bond donors (Lipinski definition) is 2. The lowest BCUT2D eigenvalue weighted by atomic mass is 10.2. The molecule has 0 amide bonds. The highest BCUT2D eigenvalue weighted by Crippen LogP contribution is 2.30. The van der Waals surface area contributed by atoms with Gasteiger partial charge in [0.15, 0.2) is 11.5 Å². The quantitative estimate of drug-likeness (QED) is 0.775. The van der Waals surface area contributed by atoms with Gasteiger partial charge in [-0.25, -0.2) is 4.98 Å². The van der Waals surface area contributed by atoms with E-state index in [0.29, 0.717) is 30.0 Å². The summed E-state index contributed by atoms with van der Waals surface area (Å²) in [5.74, 6) is 1.91. The summed E-state index contributed by atoms with van der Waals surface area (Å²) in [6.07, 6.45) is -0.151. The fraction of sp³-hybridized carbons (Fsp3) is 0.176. The molecule has 1 aliphatic rings. The topological polar surface area (TPSA) is 76.2 Å². The smallest absolute Gasteiger partial charge is 0.260 e. The standard InChI is InChI=1S/C17H15N3O3/c21-16-12-5-1-2-6-13(12)19-17(20-16)18-9-11-10-22-14-7-3-4-8-15(14)23-11/h1-8,11H,9-10H2,(H2,18,19,20,21)/t11-/m1/s1. The summed E-state index contributed by atoms with van der Waals surface area (Å²) in [5.41, 5.74) is 0.495.